The first-order chi connectivity index (χ1) is 9.08. The monoisotopic (exact) mass is 429 g/mol. The second-order valence-electron chi connectivity index (χ2n) is 4.73. The van der Waals surface area contributed by atoms with E-state index in [1.807, 2.05) is 7.05 Å². The van der Waals surface area contributed by atoms with Gasteiger partial charge in [-0.25, -0.2) is 0 Å². The van der Waals surface area contributed by atoms with Crippen LogP contribution in [0.1, 0.15) is 22.7 Å². The highest BCUT2D eigenvalue weighted by atomic mass is 127. The first-order valence-electron chi connectivity index (χ1n) is 6.27. The van der Waals surface area contributed by atoms with Crippen molar-refractivity contribution in [1.82, 2.24) is 5.32 Å². The molecule has 3 heteroatoms. The zero-order chi connectivity index (χ0) is 13.8. The number of nitrogens with one attached hydrogen (secondary N) is 1. The largest absolute Gasteiger partial charge is 0.313 e. The van der Waals surface area contributed by atoms with Gasteiger partial charge in [-0.2, -0.15) is 0 Å². The van der Waals surface area contributed by atoms with E-state index in [0.29, 0.717) is 6.04 Å². The van der Waals surface area contributed by atoms with Gasteiger partial charge in [0, 0.05) is 14.1 Å². The van der Waals surface area contributed by atoms with Crippen molar-refractivity contribution in [1.29, 1.82) is 0 Å². The van der Waals surface area contributed by atoms with Gasteiger partial charge in [-0.3, -0.25) is 0 Å². The third kappa shape index (κ3) is 4.29. The Hall–Kier alpha value is -0.390. The van der Waals surface area contributed by atoms with Crippen molar-refractivity contribution in [2.45, 2.75) is 19.4 Å². The summed E-state index contributed by atoms with van der Waals surface area (Å²) in [6.45, 7) is 2.13. The number of benzene rings is 2. The maximum absolute atomic E-state index is 3.58. The maximum atomic E-state index is 3.58. The van der Waals surface area contributed by atoms with Gasteiger partial charge in [0.05, 0.1) is 0 Å². The van der Waals surface area contributed by atoms with Crippen LogP contribution in [0.3, 0.4) is 0 Å². The Morgan fingerprint density at radius 1 is 1.16 bits per heavy atom. The second-order valence-corrected chi connectivity index (χ2v) is 6.90. The van der Waals surface area contributed by atoms with Crippen LogP contribution >= 0.6 is 38.5 Å². The molecule has 0 aromatic heterocycles. The molecule has 0 amide bonds. The highest BCUT2D eigenvalue weighted by Crippen LogP contribution is 2.23. The van der Waals surface area contributed by atoms with E-state index in [1.54, 1.807) is 0 Å². The minimum atomic E-state index is 0.344. The fraction of sp³-hybridized carbons (Fsp3) is 0.250. The molecule has 19 heavy (non-hydrogen) atoms. The van der Waals surface area contributed by atoms with Crippen LogP contribution < -0.4 is 5.32 Å². The SMILES string of the molecule is CNC(Cc1ccc(I)cc1)c1cc(C)cc(Br)c1. The van der Waals surface area contributed by atoms with Crippen molar-refractivity contribution in [3.8, 4) is 0 Å². The molecule has 0 spiro atoms. The molecule has 0 saturated heterocycles. The van der Waals surface area contributed by atoms with Crippen LogP contribution in [0.15, 0.2) is 46.9 Å². The van der Waals surface area contributed by atoms with Gasteiger partial charge in [0.15, 0.2) is 0 Å². The number of likely N-dealkylation sites (N-methyl/N-ethyl adjacent to an activating group) is 1. The molecule has 1 nitrogen and oxygen atoms in total. The highest BCUT2D eigenvalue weighted by molar-refractivity contribution is 14.1. The zero-order valence-corrected chi connectivity index (χ0v) is 14.8. The van der Waals surface area contributed by atoms with Crippen molar-refractivity contribution < 1.29 is 0 Å². The Kier molecular flexibility index (Phi) is 5.42. The second kappa shape index (κ2) is 6.86. The number of hydrogen-bond donors (Lipinski definition) is 1. The summed E-state index contributed by atoms with van der Waals surface area (Å²) in [4.78, 5) is 0. The van der Waals surface area contributed by atoms with Crippen molar-refractivity contribution in [2.75, 3.05) is 7.05 Å². The van der Waals surface area contributed by atoms with Gasteiger partial charge in [0.25, 0.3) is 0 Å². The third-order valence-electron chi connectivity index (χ3n) is 3.17. The van der Waals surface area contributed by atoms with Crippen LogP contribution in [0.2, 0.25) is 0 Å². The van der Waals surface area contributed by atoms with E-state index in [4.69, 9.17) is 0 Å². The van der Waals surface area contributed by atoms with E-state index in [9.17, 15) is 0 Å². The predicted octanol–water partition coefficient (Wildman–Crippen LogP) is 4.87. The van der Waals surface area contributed by atoms with Crippen LogP contribution in [0.4, 0.5) is 0 Å². The van der Waals surface area contributed by atoms with E-state index in [1.165, 1.54) is 20.3 Å². The lowest BCUT2D eigenvalue weighted by atomic mass is 9.98. The van der Waals surface area contributed by atoms with Crippen molar-refractivity contribution in [3.05, 3.63) is 67.2 Å². The molecule has 2 aromatic carbocycles. The molecule has 1 N–H and O–H groups in total. The summed E-state index contributed by atoms with van der Waals surface area (Å²) < 4.78 is 2.42. The normalized spacial score (nSPS) is 12.4. The Balaban J connectivity index is 2.22. The van der Waals surface area contributed by atoms with Crippen LogP contribution in [0, 0.1) is 10.5 Å². The first-order valence-corrected chi connectivity index (χ1v) is 8.14. The summed E-state index contributed by atoms with van der Waals surface area (Å²) in [7, 11) is 2.02. The number of hydrogen-bond acceptors (Lipinski definition) is 1. The Labute approximate surface area is 137 Å². The van der Waals surface area contributed by atoms with Crippen LogP contribution in [0.25, 0.3) is 0 Å². The fourth-order valence-electron chi connectivity index (χ4n) is 2.21. The molecule has 100 valence electrons. The summed E-state index contributed by atoms with van der Waals surface area (Å²) in [5.74, 6) is 0. The molecule has 0 aliphatic carbocycles. The number of aryl methyl sites for hydroxylation is 1. The standard InChI is InChI=1S/C16H17BrIN/c1-11-7-13(10-14(17)8-11)16(19-2)9-12-3-5-15(18)6-4-12/h3-8,10,16,19H,9H2,1-2H3. The average Bonchev–Trinajstić information content (AvgIpc) is 2.37. The molecule has 2 rings (SSSR count). The van der Waals surface area contributed by atoms with Crippen LogP contribution in [-0.2, 0) is 6.42 Å². The average molecular weight is 430 g/mol. The van der Waals surface area contributed by atoms with Gasteiger partial charge in [-0.05, 0) is 83.9 Å². The van der Waals surface area contributed by atoms with E-state index >= 15 is 0 Å². The van der Waals surface area contributed by atoms with Crippen molar-refractivity contribution >= 4 is 38.5 Å². The lowest BCUT2D eigenvalue weighted by molar-refractivity contribution is 0.591. The Morgan fingerprint density at radius 2 is 1.84 bits per heavy atom. The summed E-state index contributed by atoms with van der Waals surface area (Å²) in [5.41, 5.74) is 3.97. The quantitative estimate of drug-likeness (QED) is 0.684. The van der Waals surface area contributed by atoms with E-state index in [2.05, 4.69) is 93.2 Å². The summed E-state index contributed by atoms with van der Waals surface area (Å²) >= 11 is 5.91. The lowest BCUT2D eigenvalue weighted by Crippen LogP contribution is -2.19. The summed E-state index contributed by atoms with van der Waals surface area (Å²) in [6, 6.07) is 15.7. The van der Waals surface area contributed by atoms with Gasteiger partial charge in [-0.1, -0.05) is 34.1 Å². The molecular weight excluding hydrogens is 413 g/mol. The van der Waals surface area contributed by atoms with Gasteiger partial charge in [0.2, 0.25) is 0 Å². The summed E-state index contributed by atoms with van der Waals surface area (Å²) in [6.07, 6.45) is 1.00. The topological polar surface area (TPSA) is 12.0 Å². The highest BCUT2D eigenvalue weighted by Gasteiger charge is 2.11. The van der Waals surface area contributed by atoms with Crippen molar-refractivity contribution in [2.24, 2.45) is 0 Å². The molecular formula is C16H17BrIN. The third-order valence-corrected chi connectivity index (χ3v) is 4.35. The number of halogens is 2. The van der Waals surface area contributed by atoms with Crippen LogP contribution in [-0.4, -0.2) is 7.05 Å². The van der Waals surface area contributed by atoms with E-state index in [-0.39, 0.29) is 0 Å². The maximum Gasteiger partial charge on any atom is 0.0358 e. The molecule has 1 atom stereocenters. The predicted molar refractivity (Wildman–Crippen MR) is 93.5 cm³/mol. The van der Waals surface area contributed by atoms with Crippen LogP contribution in [0.5, 0.6) is 0 Å². The minimum Gasteiger partial charge on any atom is -0.313 e. The van der Waals surface area contributed by atoms with Gasteiger partial charge < -0.3 is 5.32 Å². The van der Waals surface area contributed by atoms with Gasteiger partial charge in [0.1, 0.15) is 0 Å². The smallest absolute Gasteiger partial charge is 0.0358 e. The molecule has 2 aromatic rings. The molecule has 0 aliphatic rings. The Bertz CT molecular complexity index is 531. The van der Waals surface area contributed by atoms with Gasteiger partial charge in [-0.15, -0.1) is 0 Å². The molecule has 0 saturated carbocycles. The number of rotatable bonds is 4. The van der Waals surface area contributed by atoms with Gasteiger partial charge >= 0.3 is 0 Å². The minimum absolute atomic E-state index is 0.344. The molecule has 0 bridgehead atoms. The summed E-state index contributed by atoms with van der Waals surface area (Å²) in [5, 5.41) is 3.41. The molecule has 1 unspecified atom stereocenters. The van der Waals surface area contributed by atoms with E-state index < -0.39 is 0 Å². The lowest BCUT2D eigenvalue weighted by Gasteiger charge is -2.18. The first kappa shape index (κ1) is 15.0. The molecule has 0 radical (unpaired) electrons. The van der Waals surface area contributed by atoms with E-state index in [0.717, 1.165) is 10.9 Å². The molecule has 0 fully saturated rings. The molecule has 0 aliphatic heterocycles. The van der Waals surface area contributed by atoms with Crippen molar-refractivity contribution in [3.63, 3.8) is 0 Å². The zero-order valence-electron chi connectivity index (χ0n) is 11.1. The fourth-order valence-corrected chi connectivity index (χ4v) is 3.19. The molecule has 0 heterocycles. The Morgan fingerprint density at radius 3 is 2.42 bits per heavy atom.